The summed E-state index contributed by atoms with van der Waals surface area (Å²) >= 11 is 7.58. The molecule has 0 unspecified atom stereocenters. The van der Waals surface area contributed by atoms with E-state index in [1.54, 1.807) is 13.0 Å². The summed E-state index contributed by atoms with van der Waals surface area (Å²) in [5.41, 5.74) is -4.86. The lowest BCUT2D eigenvalue weighted by molar-refractivity contribution is -0.226. The summed E-state index contributed by atoms with van der Waals surface area (Å²) in [5.74, 6) is -1.98. The monoisotopic (exact) mass is 512 g/mol. The van der Waals surface area contributed by atoms with Crippen LogP contribution in [0.1, 0.15) is 52.9 Å². The number of Topliss-reactive ketones (excluding diaryl/α,β-unsaturated/α-hetero) is 1. The minimum Gasteiger partial charge on any atom is -0.450 e. The van der Waals surface area contributed by atoms with Crippen molar-refractivity contribution in [2.45, 2.75) is 70.2 Å². The van der Waals surface area contributed by atoms with Gasteiger partial charge in [0, 0.05) is 28.4 Å². The fourth-order valence-electron chi connectivity index (χ4n) is 7.91. The van der Waals surface area contributed by atoms with Crippen molar-refractivity contribution in [3.63, 3.8) is 0 Å². The quantitative estimate of drug-likeness (QED) is 0.418. The molecule has 0 aromatic heterocycles. The van der Waals surface area contributed by atoms with Crippen molar-refractivity contribution in [3.05, 3.63) is 23.8 Å². The topological polar surface area (TPSA) is 80.7 Å². The predicted octanol–water partition coefficient (Wildman–Crippen LogP) is 4.45. The molecule has 8 heteroatoms. The summed E-state index contributed by atoms with van der Waals surface area (Å²) < 4.78 is 23.3. The highest BCUT2D eigenvalue weighted by molar-refractivity contribution is 7.98. The lowest BCUT2D eigenvalue weighted by atomic mass is 9.44. The smallest absolute Gasteiger partial charge is 0.307 e. The van der Waals surface area contributed by atoms with Gasteiger partial charge in [0.15, 0.2) is 22.8 Å². The van der Waals surface area contributed by atoms with E-state index in [0.29, 0.717) is 30.6 Å². The first-order valence-electron chi connectivity index (χ1n) is 12.0. The highest BCUT2D eigenvalue weighted by atomic mass is 35.5. The molecule has 0 saturated heterocycles. The average Bonchev–Trinajstić information content (AvgIpc) is 3.00. The van der Waals surface area contributed by atoms with Crippen LogP contribution in [0.25, 0.3) is 0 Å². The molecule has 0 aromatic carbocycles. The zero-order valence-electron chi connectivity index (χ0n) is 20.2. The van der Waals surface area contributed by atoms with Gasteiger partial charge in [-0.1, -0.05) is 25.5 Å². The van der Waals surface area contributed by atoms with E-state index in [1.807, 2.05) is 20.1 Å². The number of ketones is 2. The van der Waals surface area contributed by atoms with Gasteiger partial charge in [-0.15, -0.1) is 11.6 Å². The van der Waals surface area contributed by atoms with Crippen molar-refractivity contribution in [3.8, 4) is 0 Å². The van der Waals surface area contributed by atoms with E-state index in [-0.39, 0.29) is 42.1 Å². The van der Waals surface area contributed by atoms with E-state index < -0.39 is 40.1 Å². The van der Waals surface area contributed by atoms with Crippen molar-refractivity contribution in [2.24, 2.45) is 28.6 Å². The van der Waals surface area contributed by atoms with Gasteiger partial charge < -0.3 is 9.84 Å². The number of fused-ring (bicyclic) bond motifs is 5. The molecule has 0 aliphatic heterocycles. The molecule has 0 bridgehead atoms. The van der Waals surface area contributed by atoms with Crippen LogP contribution >= 0.6 is 23.4 Å². The zero-order chi connectivity index (χ0) is 25.1. The van der Waals surface area contributed by atoms with Crippen LogP contribution in [0.5, 0.6) is 0 Å². The van der Waals surface area contributed by atoms with Crippen molar-refractivity contribution in [1.82, 2.24) is 0 Å². The molecule has 4 aliphatic rings. The number of alkyl halides is 2. The average molecular weight is 513 g/mol. The van der Waals surface area contributed by atoms with Gasteiger partial charge in [0.25, 0.3) is 0 Å². The number of aliphatic hydroxyl groups is 1. The third-order valence-corrected chi connectivity index (χ3v) is 10.4. The summed E-state index contributed by atoms with van der Waals surface area (Å²) in [6, 6.07) is 0. The largest absolute Gasteiger partial charge is 0.450 e. The van der Waals surface area contributed by atoms with Crippen molar-refractivity contribution >= 4 is 40.9 Å². The Hall–Kier alpha value is -1.18. The number of aliphatic hydroxyl groups excluding tert-OH is 1. The molecular weight excluding hydrogens is 479 g/mol. The molecule has 3 saturated carbocycles. The standard InChI is InChI=1S/C26H34ClFO5S/c1-15-11-19-18-6-5-16-12-17(29)7-9-23(16,2)25(18,28)20(30)13-24(19,3)26(15,21(31)14-27)33-22(32)8-10-34-4/h7,9,12,15,18-20,30H,5-6,8,10-11,13-14H2,1-4H3/t15-,18-,19-,20-,23-,24-,25-,26-/m0/s1. The Bertz CT molecular complexity index is 967. The van der Waals surface area contributed by atoms with Crippen LogP contribution in [0.2, 0.25) is 0 Å². The highest BCUT2D eigenvalue weighted by Crippen LogP contribution is 2.71. The van der Waals surface area contributed by atoms with Crippen LogP contribution in [0.4, 0.5) is 4.39 Å². The number of rotatable bonds is 6. The van der Waals surface area contributed by atoms with E-state index in [9.17, 15) is 19.5 Å². The van der Waals surface area contributed by atoms with Gasteiger partial charge in [-0.3, -0.25) is 14.4 Å². The van der Waals surface area contributed by atoms with Crippen LogP contribution in [0.15, 0.2) is 23.8 Å². The van der Waals surface area contributed by atoms with Gasteiger partial charge in [-0.25, -0.2) is 4.39 Å². The van der Waals surface area contributed by atoms with E-state index in [1.165, 1.54) is 23.9 Å². The number of allylic oxidation sites excluding steroid dienone is 4. The molecule has 5 nitrogen and oxygen atoms in total. The number of carbonyl (C=O) groups is 3. The summed E-state index contributed by atoms with van der Waals surface area (Å²) in [5, 5.41) is 11.5. The van der Waals surface area contributed by atoms with Crippen molar-refractivity contribution in [2.75, 3.05) is 17.9 Å². The highest BCUT2D eigenvalue weighted by Gasteiger charge is 2.77. The maximum absolute atomic E-state index is 17.3. The maximum atomic E-state index is 17.3. The first kappa shape index (κ1) is 25.9. The predicted molar refractivity (Wildman–Crippen MR) is 130 cm³/mol. The summed E-state index contributed by atoms with van der Waals surface area (Å²) in [4.78, 5) is 38.3. The molecule has 4 rings (SSSR count). The Labute approximate surface area is 209 Å². The number of hydrogen-bond acceptors (Lipinski definition) is 6. The number of thioether (sulfide) groups is 1. The molecular formula is C26H34ClFO5S. The van der Waals surface area contributed by atoms with Crippen molar-refractivity contribution in [1.29, 1.82) is 0 Å². The normalized spacial score (nSPS) is 45.1. The van der Waals surface area contributed by atoms with E-state index in [2.05, 4.69) is 0 Å². The van der Waals surface area contributed by atoms with Gasteiger partial charge in [0.1, 0.15) is 0 Å². The lowest BCUT2D eigenvalue weighted by Crippen LogP contribution is -2.70. The van der Waals surface area contributed by atoms with Crippen LogP contribution in [-0.2, 0) is 19.1 Å². The van der Waals surface area contributed by atoms with E-state index in [4.69, 9.17) is 16.3 Å². The Balaban J connectivity index is 1.80. The SMILES string of the molecule is CSCCC(=O)O[C@]1(C(=O)CCl)[C@@H](C)C[C@H]2[C@@H]3CCC4=CC(=O)C=C[C@]4(C)[C@@]3(F)[C@@H](O)C[C@@]21C. The van der Waals surface area contributed by atoms with Gasteiger partial charge in [0.2, 0.25) is 0 Å². The van der Waals surface area contributed by atoms with Crippen LogP contribution in [-0.4, -0.2) is 57.9 Å². The Morgan fingerprint density at radius 1 is 1.32 bits per heavy atom. The second kappa shape index (κ2) is 8.74. The molecule has 0 radical (unpaired) electrons. The van der Waals surface area contributed by atoms with Gasteiger partial charge in [-0.05, 0) is 56.9 Å². The van der Waals surface area contributed by atoms with Crippen LogP contribution in [0.3, 0.4) is 0 Å². The summed E-state index contributed by atoms with van der Waals surface area (Å²) in [6.45, 7) is 5.50. The first-order chi connectivity index (χ1) is 15.9. The maximum Gasteiger partial charge on any atom is 0.307 e. The molecule has 0 aromatic rings. The van der Waals surface area contributed by atoms with E-state index >= 15 is 4.39 Å². The molecule has 0 spiro atoms. The molecule has 1 N–H and O–H groups in total. The van der Waals surface area contributed by atoms with Crippen LogP contribution < -0.4 is 0 Å². The third-order valence-electron chi connectivity index (χ3n) is 9.50. The Morgan fingerprint density at radius 3 is 2.68 bits per heavy atom. The molecule has 8 atom stereocenters. The summed E-state index contributed by atoms with van der Waals surface area (Å²) in [6.07, 6.45) is 6.62. The van der Waals surface area contributed by atoms with Gasteiger partial charge in [0.05, 0.1) is 18.4 Å². The number of esters is 1. The fourth-order valence-corrected chi connectivity index (χ4v) is 8.48. The fraction of sp³-hybridized carbons (Fsp3) is 0.731. The third kappa shape index (κ3) is 3.25. The molecule has 0 heterocycles. The molecule has 34 heavy (non-hydrogen) atoms. The summed E-state index contributed by atoms with van der Waals surface area (Å²) in [7, 11) is 0. The van der Waals surface area contributed by atoms with Crippen molar-refractivity contribution < 1.29 is 28.6 Å². The number of ether oxygens (including phenoxy) is 1. The van der Waals surface area contributed by atoms with Gasteiger partial charge >= 0.3 is 5.97 Å². The number of halogens is 2. The van der Waals surface area contributed by atoms with Crippen LogP contribution in [0, 0.1) is 28.6 Å². The molecule has 4 aliphatic carbocycles. The zero-order valence-corrected chi connectivity index (χ0v) is 21.8. The number of carbonyl (C=O) groups excluding carboxylic acids is 3. The lowest BCUT2D eigenvalue weighted by Gasteiger charge is -2.62. The number of hydrogen-bond donors (Lipinski definition) is 1. The van der Waals surface area contributed by atoms with Gasteiger partial charge in [-0.2, -0.15) is 11.8 Å². The minimum atomic E-state index is -2.00. The molecule has 0 amide bonds. The molecule has 3 fully saturated rings. The second-order valence-electron chi connectivity index (χ2n) is 10.9. The molecule has 188 valence electrons. The minimum absolute atomic E-state index is 0.0297. The van der Waals surface area contributed by atoms with E-state index in [0.717, 1.165) is 0 Å². The Morgan fingerprint density at radius 2 is 2.03 bits per heavy atom. The second-order valence-corrected chi connectivity index (χ2v) is 12.2. The Kier molecular flexibility index (Phi) is 6.65. The first-order valence-corrected chi connectivity index (χ1v) is 14.0.